The van der Waals surface area contributed by atoms with Crippen LogP contribution in [0.3, 0.4) is 0 Å². The zero-order chi connectivity index (χ0) is 30.7. The first kappa shape index (κ1) is 32.3. The standard InChI is InChI=1S/C33H47N3O4.C2H6/c1-22-27(29(37)35-21-33(30(34)38)12-14-40-15-13-33)19-28(36(22)20-23-8-6-5-7-9-23)24-16-25(31(2,3)39)18-26(17-24)32(4)10-11-32;1-2/h16-19,23,39H,5-15,20-21H2,1-4H3,(H2,34,38)(H,35,37);1-2H3. The monoisotopic (exact) mass is 579 g/mol. The quantitative estimate of drug-likeness (QED) is 0.321. The second kappa shape index (κ2) is 12.9. The van der Waals surface area contributed by atoms with Crippen LogP contribution in [0.25, 0.3) is 11.3 Å². The number of nitrogens with one attached hydrogen (secondary N) is 1. The zero-order valence-corrected chi connectivity index (χ0v) is 26.8. The molecule has 0 unspecified atom stereocenters. The fraction of sp³-hybridized carbons (Fsp3) is 0.657. The summed E-state index contributed by atoms with van der Waals surface area (Å²) in [7, 11) is 0. The SMILES string of the molecule is CC.Cc1c(C(=O)NCC2(C(N)=O)CCOCC2)cc(-c2cc(C(C)(C)O)cc(C3(C)CC3)c2)n1CC1CCCCC1. The molecule has 2 aromatic rings. The third kappa shape index (κ3) is 6.94. The molecular weight excluding hydrogens is 526 g/mol. The van der Waals surface area contributed by atoms with Crippen LogP contribution in [0.15, 0.2) is 24.3 Å². The van der Waals surface area contributed by atoms with Crippen molar-refractivity contribution in [1.29, 1.82) is 0 Å². The molecule has 1 aliphatic heterocycles. The van der Waals surface area contributed by atoms with Crippen LogP contribution < -0.4 is 11.1 Å². The molecule has 2 amide bonds. The summed E-state index contributed by atoms with van der Waals surface area (Å²) >= 11 is 0. The number of hydrogen-bond donors (Lipinski definition) is 3. The van der Waals surface area contributed by atoms with Crippen LogP contribution in [0, 0.1) is 18.3 Å². The van der Waals surface area contributed by atoms with Crippen LogP contribution in [0.4, 0.5) is 0 Å². The third-order valence-electron chi connectivity index (χ3n) is 9.97. The fourth-order valence-electron chi connectivity index (χ4n) is 6.55. The second-order valence-corrected chi connectivity index (χ2v) is 13.5. The maximum atomic E-state index is 13.7. The Morgan fingerprint density at radius 1 is 1.05 bits per heavy atom. The topological polar surface area (TPSA) is 107 Å². The van der Waals surface area contributed by atoms with E-state index in [1.54, 1.807) is 0 Å². The van der Waals surface area contributed by atoms with E-state index in [1.165, 1.54) is 37.7 Å². The first-order chi connectivity index (χ1) is 19.9. The highest BCUT2D eigenvalue weighted by atomic mass is 16.5. The Balaban J connectivity index is 0.00000198. The highest BCUT2D eigenvalue weighted by Crippen LogP contribution is 2.49. The minimum Gasteiger partial charge on any atom is -0.386 e. The number of carbonyl (C=O) groups excluding carboxylic acids is 2. The van der Waals surface area contributed by atoms with Crippen molar-refractivity contribution in [3.05, 3.63) is 46.6 Å². The smallest absolute Gasteiger partial charge is 0.253 e. The summed E-state index contributed by atoms with van der Waals surface area (Å²) in [6.45, 7) is 14.0. The first-order valence-electron chi connectivity index (χ1n) is 16.2. The fourth-order valence-corrected chi connectivity index (χ4v) is 6.55. The summed E-state index contributed by atoms with van der Waals surface area (Å²) in [5.41, 5.74) is 9.95. The Morgan fingerprint density at radius 2 is 1.69 bits per heavy atom. The van der Waals surface area contributed by atoms with Crippen molar-refractivity contribution in [3.8, 4) is 11.3 Å². The van der Waals surface area contributed by atoms with Gasteiger partial charge in [0.1, 0.15) is 0 Å². The van der Waals surface area contributed by atoms with E-state index in [9.17, 15) is 14.7 Å². The molecule has 2 aliphatic carbocycles. The Hall–Kier alpha value is -2.64. The van der Waals surface area contributed by atoms with Gasteiger partial charge < -0.3 is 25.5 Å². The lowest BCUT2D eigenvalue weighted by Crippen LogP contribution is -2.49. The number of benzene rings is 1. The summed E-state index contributed by atoms with van der Waals surface area (Å²) < 4.78 is 7.78. The summed E-state index contributed by atoms with van der Waals surface area (Å²) in [6.07, 6.45) is 9.52. The molecular formula is C35H53N3O4. The van der Waals surface area contributed by atoms with E-state index in [0.717, 1.165) is 41.9 Å². The van der Waals surface area contributed by atoms with Crippen LogP contribution in [-0.2, 0) is 27.1 Å². The van der Waals surface area contributed by atoms with Crippen molar-refractivity contribution in [2.45, 2.75) is 117 Å². The van der Waals surface area contributed by atoms with Crippen molar-refractivity contribution in [1.82, 2.24) is 9.88 Å². The highest BCUT2D eigenvalue weighted by molar-refractivity contribution is 5.97. The number of aromatic nitrogens is 1. The average molecular weight is 580 g/mol. The van der Waals surface area contributed by atoms with Gasteiger partial charge in [0.05, 0.1) is 16.6 Å². The van der Waals surface area contributed by atoms with Gasteiger partial charge in [0.15, 0.2) is 0 Å². The molecule has 0 bridgehead atoms. The molecule has 1 saturated heterocycles. The van der Waals surface area contributed by atoms with Crippen LogP contribution in [0.2, 0.25) is 0 Å². The van der Waals surface area contributed by atoms with Gasteiger partial charge in [-0.3, -0.25) is 9.59 Å². The van der Waals surface area contributed by atoms with Crippen molar-refractivity contribution < 1.29 is 19.4 Å². The summed E-state index contributed by atoms with van der Waals surface area (Å²) in [6, 6.07) is 8.52. The van der Waals surface area contributed by atoms with E-state index in [2.05, 4.69) is 35.0 Å². The van der Waals surface area contributed by atoms with Crippen molar-refractivity contribution in [3.63, 3.8) is 0 Å². The minimum atomic E-state index is -0.973. The number of amides is 2. The Bertz CT molecular complexity index is 1230. The van der Waals surface area contributed by atoms with Gasteiger partial charge in [0.25, 0.3) is 5.91 Å². The van der Waals surface area contributed by atoms with E-state index in [0.29, 0.717) is 37.5 Å². The van der Waals surface area contributed by atoms with Crippen molar-refractivity contribution in [2.75, 3.05) is 19.8 Å². The van der Waals surface area contributed by atoms with Crippen LogP contribution in [0.1, 0.15) is 120 Å². The highest BCUT2D eigenvalue weighted by Gasteiger charge is 2.41. The first-order valence-corrected chi connectivity index (χ1v) is 16.2. The van der Waals surface area contributed by atoms with Crippen molar-refractivity contribution >= 4 is 11.8 Å². The lowest BCUT2D eigenvalue weighted by molar-refractivity contribution is -0.132. The number of hydrogen-bond acceptors (Lipinski definition) is 4. The van der Waals surface area contributed by atoms with Gasteiger partial charge >= 0.3 is 0 Å². The molecule has 2 heterocycles. The molecule has 3 aliphatic rings. The molecule has 232 valence electrons. The molecule has 2 saturated carbocycles. The number of aliphatic hydroxyl groups is 1. The van der Waals surface area contributed by atoms with Crippen LogP contribution in [-0.4, -0.2) is 41.2 Å². The van der Waals surface area contributed by atoms with Gasteiger partial charge in [-0.2, -0.15) is 0 Å². The maximum Gasteiger partial charge on any atom is 0.253 e. The number of rotatable bonds is 9. The molecule has 0 radical (unpaired) electrons. The molecule has 1 aromatic carbocycles. The molecule has 1 aromatic heterocycles. The van der Waals surface area contributed by atoms with Crippen molar-refractivity contribution in [2.24, 2.45) is 17.1 Å². The Labute approximate surface area is 252 Å². The Kier molecular flexibility index (Phi) is 9.93. The molecule has 7 heteroatoms. The number of nitrogens with two attached hydrogens (primary N) is 1. The molecule has 0 spiro atoms. The number of nitrogens with zero attached hydrogens (tertiary/aromatic N) is 1. The lowest BCUT2D eigenvalue weighted by atomic mass is 9.79. The molecule has 42 heavy (non-hydrogen) atoms. The van der Waals surface area contributed by atoms with E-state index in [4.69, 9.17) is 10.5 Å². The number of carbonyl (C=O) groups is 2. The van der Waals surface area contributed by atoms with Gasteiger partial charge in [0.2, 0.25) is 5.91 Å². The summed E-state index contributed by atoms with van der Waals surface area (Å²) in [5, 5.41) is 14.1. The van der Waals surface area contributed by atoms with Gasteiger partial charge in [-0.1, -0.05) is 46.1 Å². The maximum absolute atomic E-state index is 13.7. The minimum absolute atomic E-state index is 0.138. The van der Waals surface area contributed by atoms with Crippen LogP contribution >= 0.6 is 0 Å². The summed E-state index contributed by atoms with van der Waals surface area (Å²) in [5.74, 6) is 0.0157. The van der Waals surface area contributed by atoms with E-state index >= 15 is 0 Å². The number of ether oxygens (including phenoxy) is 1. The van der Waals surface area contributed by atoms with Gasteiger partial charge in [0, 0.05) is 37.7 Å². The van der Waals surface area contributed by atoms with Gasteiger partial charge in [-0.15, -0.1) is 0 Å². The third-order valence-corrected chi connectivity index (χ3v) is 9.97. The van der Waals surface area contributed by atoms with E-state index in [1.807, 2.05) is 40.7 Å². The van der Waals surface area contributed by atoms with E-state index < -0.39 is 11.0 Å². The average Bonchev–Trinajstić information content (AvgIpc) is 3.66. The summed E-state index contributed by atoms with van der Waals surface area (Å²) in [4.78, 5) is 26.1. The molecule has 0 atom stereocenters. The van der Waals surface area contributed by atoms with Gasteiger partial charge in [-0.25, -0.2) is 0 Å². The lowest BCUT2D eigenvalue weighted by Gasteiger charge is -2.34. The number of primary amides is 1. The zero-order valence-electron chi connectivity index (χ0n) is 26.8. The molecule has 5 rings (SSSR count). The van der Waals surface area contributed by atoms with E-state index in [-0.39, 0.29) is 23.8 Å². The Morgan fingerprint density at radius 3 is 2.26 bits per heavy atom. The molecule has 4 N–H and O–H groups in total. The largest absolute Gasteiger partial charge is 0.386 e. The predicted octanol–water partition coefficient (Wildman–Crippen LogP) is 6.36. The predicted molar refractivity (Wildman–Crippen MR) is 168 cm³/mol. The molecule has 3 fully saturated rings. The second-order valence-electron chi connectivity index (χ2n) is 13.5. The normalized spacial score (nSPS) is 19.9. The molecule has 7 nitrogen and oxygen atoms in total. The van der Waals surface area contributed by atoms with Crippen LogP contribution in [0.5, 0.6) is 0 Å². The van der Waals surface area contributed by atoms with Gasteiger partial charge in [-0.05, 0) is 106 Å².